The van der Waals surface area contributed by atoms with E-state index in [2.05, 4.69) is 0 Å². The summed E-state index contributed by atoms with van der Waals surface area (Å²) in [5, 5.41) is 0. The summed E-state index contributed by atoms with van der Waals surface area (Å²) >= 11 is 0. The van der Waals surface area contributed by atoms with Crippen LogP contribution in [-0.2, 0) is 14.8 Å². The van der Waals surface area contributed by atoms with Gasteiger partial charge in [-0.15, -0.1) is 0 Å². The number of piperazine rings is 1. The van der Waals surface area contributed by atoms with Gasteiger partial charge in [-0.1, -0.05) is 29.8 Å². The van der Waals surface area contributed by atoms with E-state index >= 15 is 0 Å². The van der Waals surface area contributed by atoms with E-state index in [0.717, 1.165) is 23.1 Å². The van der Waals surface area contributed by atoms with Gasteiger partial charge in [-0.05, 0) is 55.5 Å². The molecule has 0 bridgehead atoms. The molecule has 154 valence electrons. The zero-order chi connectivity index (χ0) is 20.8. The van der Waals surface area contributed by atoms with Gasteiger partial charge in [0.2, 0.25) is 15.9 Å². The van der Waals surface area contributed by atoms with Gasteiger partial charge in [0.1, 0.15) is 5.82 Å². The van der Waals surface area contributed by atoms with Gasteiger partial charge in [-0.2, -0.15) is 4.31 Å². The van der Waals surface area contributed by atoms with Gasteiger partial charge in [-0.25, -0.2) is 12.8 Å². The highest BCUT2D eigenvalue weighted by Crippen LogP contribution is 2.48. The zero-order valence-electron chi connectivity index (χ0n) is 16.6. The Morgan fingerprint density at radius 2 is 1.66 bits per heavy atom. The lowest BCUT2D eigenvalue weighted by Crippen LogP contribution is -2.51. The molecule has 1 saturated heterocycles. The van der Waals surface area contributed by atoms with Crippen molar-refractivity contribution in [3.8, 4) is 0 Å². The van der Waals surface area contributed by atoms with E-state index in [4.69, 9.17) is 0 Å². The van der Waals surface area contributed by atoms with Gasteiger partial charge in [0.25, 0.3) is 0 Å². The van der Waals surface area contributed by atoms with Gasteiger partial charge < -0.3 is 4.90 Å². The molecule has 1 amide bonds. The quantitative estimate of drug-likeness (QED) is 0.770. The second-order valence-corrected chi connectivity index (χ2v) is 9.90. The summed E-state index contributed by atoms with van der Waals surface area (Å²) in [6.45, 7) is 5.14. The molecule has 1 aliphatic carbocycles. The maximum absolute atomic E-state index is 13.1. The summed E-state index contributed by atoms with van der Waals surface area (Å²) in [5.74, 6) is -0.149. The molecule has 0 radical (unpaired) electrons. The third kappa shape index (κ3) is 3.94. The second kappa shape index (κ2) is 7.54. The summed E-state index contributed by atoms with van der Waals surface area (Å²) in [5.41, 5.74) is 2.75. The first kappa shape index (κ1) is 20.0. The van der Waals surface area contributed by atoms with Gasteiger partial charge in [0, 0.05) is 32.1 Å². The number of benzene rings is 2. The van der Waals surface area contributed by atoms with Crippen molar-refractivity contribution in [2.45, 2.75) is 31.1 Å². The third-order valence-electron chi connectivity index (χ3n) is 5.90. The number of hydrogen-bond acceptors (Lipinski definition) is 3. The lowest BCUT2D eigenvalue weighted by Gasteiger charge is -2.34. The van der Waals surface area contributed by atoms with E-state index in [1.807, 2.05) is 26.0 Å². The van der Waals surface area contributed by atoms with Crippen molar-refractivity contribution in [3.63, 3.8) is 0 Å². The van der Waals surface area contributed by atoms with Crippen LogP contribution in [0.25, 0.3) is 0 Å². The van der Waals surface area contributed by atoms with Crippen LogP contribution in [0.3, 0.4) is 0 Å². The molecule has 29 heavy (non-hydrogen) atoms. The number of rotatable bonds is 4. The molecule has 2 atom stereocenters. The molecule has 1 saturated carbocycles. The average Bonchev–Trinajstić information content (AvgIpc) is 3.48. The highest BCUT2D eigenvalue weighted by atomic mass is 32.2. The molecule has 1 heterocycles. The minimum Gasteiger partial charge on any atom is -0.340 e. The number of sulfonamides is 1. The second-order valence-electron chi connectivity index (χ2n) is 8.00. The molecular weight excluding hydrogens is 391 g/mol. The Hall–Kier alpha value is -2.25. The smallest absolute Gasteiger partial charge is 0.243 e. The fraction of sp³-hybridized carbons (Fsp3) is 0.409. The first-order valence-electron chi connectivity index (χ1n) is 9.89. The maximum atomic E-state index is 13.1. The molecule has 0 N–H and O–H groups in total. The molecule has 2 unspecified atom stereocenters. The molecule has 7 heteroatoms. The van der Waals surface area contributed by atoms with Crippen LogP contribution < -0.4 is 0 Å². The van der Waals surface area contributed by atoms with E-state index in [1.54, 1.807) is 23.1 Å². The number of carbonyl (C=O) groups excluding carboxylic acids is 1. The SMILES string of the molecule is Cc1ccc(S(=O)(=O)N2CCN(C(=O)C3CC3c3ccc(F)cc3)CC2)c(C)c1. The fourth-order valence-corrected chi connectivity index (χ4v) is 5.79. The Morgan fingerprint density at radius 1 is 1.00 bits per heavy atom. The van der Waals surface area contributed by atoms with Crippen molar-refractivity contribution in [2.24, 2.45) is 5.92 Å². The molecule has 5 nitrogen and oxygen atoms in total. The van der Waals surface area contributed by atoms with Gasteiger partial charge >= 0.3 is 0 Å². The van der Waals surface area contributed by atoms with Crippen LogP contribution in [0.1, 0.15) is 29.0 Å². The number of nitrogens with zero attached hydrogens (tertiary/aromatic N) is 2. The van der Waals surface area contributed by atoms with Crippen molar-refractivity contribution >= 4 is 15.9 Å². The predicted octanol–water partition coefficient (Wildman–Crippen LogP) is 3.08. The summed E-state index contributed by atoms with van der Waals surface area (Å²) in [7, 11) is -3.56. The zero-order valence-corrected chi connectivity index (χ0v) is 17.5. The normalized spacial score (nSPS) is 22.5. The monoisotopic (exact) mass is 416 g/mol. The van der Waals surface area contributed by atoms with Crippen LogP contribution in [0.2, 0.25) is 0 Å². The topological polar surface area (TPSA) is 57.7 Å². The van der Waals surface area contributed by atoms with Crippen LogP contribution in [0.4, 0.5) is 4.39 Å². The number of amides is 1. The Labute approximate surface area is 171 Å². The van der Waals surface area contributed by atoms with Crippen molar-refractivity contribution in [3.05, 3.63) is 65.0 Å². The molecular formula is C22H25FN2O3S. The average molecular weight is 417 g/mol. The molecule has 2 aliphatic rings. The predicted molar refractivity (Wildman–Crippen MR) is 109 cm³/mol. The molecule has 2 aromatic rings. The van der Waals surface area contributed by atoms with Crippen molar-refractivity contribution < 1.29 is 17.6 Å². The van der Waals surface area contributed by atoms with Crippen molar-refractivity contribution in [2.75, 3.05) is 26.2 Å². The summed E-state index contributed by atoms with van der Waals surface area (Å²) in [4.78, 5) is 14.9. The number of aryl methyl sites for hydroxylation is 2. The van der Waals surface area contributed by atoms with Crippen LogP contribution in [-0.4, -0.2) is 49.7 Å². The number of hydrogen-bond donors (Lipinski definition) is 0. The summed E-state index contributed by atoms with van der Waals surface area (Å²) in [6.07, 6.45) is 0.769. The Kier molecular flexibility index (Phi) is 5.21. The standard InChI is InChI=1S/C22H25FN2O3S/c1-15-3-8-21(16(2)13-15)29(27,28)25-11-9-24(10-12-25)22(26)20-14-19(20)17-4-6-18(23)7-5-17/h3-8,13,19-20H,9-12,14H2,1-2H3. The fourth-order valence-electron chi connectivity index (χ4n) is 4.16. The van der Waals surface area contributed by atoms with E-state index < -0.39 is 10.0 Å². The van der Waals surface area contributed by atoms with E-state index in [9.17, 15) is 17.6 Å². The number of carbonyl (C=O) groups is 1. The largest absolute Gasteiger partial charge is 0.340 e. The van der Waals surface area contributed by atoms with Gasteiger partial charge in [0.05, 0.1) is 4.90 Å². The molecule has 1 aliphatic heterocycles. The third-order valence-corrected chi connectivity index (χ3v) is 7.96. The lowest BCUT2D eigenvalue weighted by atomic mass is 10.1. The van der Waals surface area contributed by atoms with Gasteiger partial charge in [0.15, 0.2) is 0 Å². The molecule has 2 fully saturated rings. The van der Waals surface area contributed by atoms with E-state index in [0.29, 0.717) is 31.1 Å². The lowest BCUT2D eigenvalue weighted by molar-refractivity contribution is -0.133. The Balaban J connectivity index is 1.38. The Morgan fingerprint density at radius 3 is 2.28 bits per heavy atom. The van der Waals surface area contributed by atoms with E-state index in [-0.39, 0.29) is 23.6 Å². The Bertz CT molecular complexity index is 1030. The van der Waals surface area contributed by atoms with Crippen molar-refractivity contribution in [1.82, 2.24) is 9.21 Å². The molecule has 2 aromatic carbocycles. The van der Waals surface area contributed by atoms with Crippen molar-refractivity contribution in [1.29, 1.82) is 0 Å². The van der Waals surface area contributed by atoms with E-state index in [1.165, 1.54) is 16.4 Å². The molecule has 0 aromatic heterocycles. The maximum Gasteiger partial charge on any atom is 0.243 e. The highest BCUT2D eigenvalue weighted by Gasteiger charge is 2.46. The highest BCUT2D eigenvalue weighted by molar-refractivity contribution is 7.89. The molecule has 4 rings (SSSR count). The van der Waals surface area contributed by atoms with Gasteiger partial charge in [-0.3, -0.25) is 4.79 Å². The summed E-state index contributed by atoms with van der Waals surface area (Å²) in [6, 6.07) is 11.7. The van der Waals surface area contributed by atoms with Crippen LogP contribution in [0.15, 0.2) is 47.4 Å². The first-order valence-corrected chi connectivity index (χ1v) is 11.3. The minimum atomic E-state index is -3.56. The number of halogens is 1. The van der Waals surface area contributed by atoms with Crippen LogP contribution in [0, 0.1) is 25.6 Å². The summed E-state index contributed by atoms with van der Waals surface area (Å²) < 4.78 is 40.6. The molecule has 0 spiro atoms. The van der Waals surface area contributed by atoms with Crippen LogP contribution >= 0.6 is 0 Å². The van der Waals surface area contributed by atoms with Crippen LogP contribution in [0.5, 0.6) is 0 Å². The first-order chi connectivity index (χ1) is 13.8. The minimum absolute atomic E-state index is 0.0721.